The summed E-state index contributed by atoms with van der Waals surface area (Å²) < 4.78 is 15.5. The van der Waals surface area contributed by atoms with E-state index >= 15 is 0 Å². The minimum atomic E-state index is -0.572. The summed E-state index contributed by atoms with van der Waals surface area (Å²) >= 11 is 0. The van der Waals surface area contributed by atoms with Gasteiger partial charge in [-0.2, -0.15) is 0 Å². The SMILES string of the molecule is COc1cc(NC(=O)C(C)N2CCOCC2)c([N+](=O)[O-])cc1OC. The lowest BCUT2D eigenvalue weighted by Crippen LogP contribution is -2.47. The third-order valence-corrected chi connectivity index (χ3v) is 3.93. The molecule has 1 fully saturated rings. The third-order valence-electron chi connectivity index (χ3n) is 3.93. The van der Waals surface area contributed by atoms with Gasteiger partial charge in [0.2, 0.25) is 5.91 Å². The normalized spacial score (nSPS) is 16.3. The number of nitrogens with zero attached hydrogens (tertiary/aromatic N) is 2. The number of rotatable bonds is 6. The van der Waals surface area contributed by atoms with Gasteiger partial charge in [0.15, 0.2) is 11.5 Å². The summed E-state index contributed by atoms with van der Waals surface area (Å²) in [5.41, 5.74) is -0.182. The fraction of sp³-hybridized carbons (Fsp3) is 0.533. The number of hydrogen-bond acceptors (Lipinski definition) is 7. The lowest BCUT2D eigenvalue weighted by molar-refractivity contribution is -0.384. The minimum absolute atomic E-state index is 0.0720. The second kappa shape index (κ2) is 7.93. The van der Waals surface area contributed by atoms with Gasteiger partial charge in [0.1, 0.15) is 5.69 Å². The summed E-state index contributed by atoms with van der Waals surface area (Å²) in [4.78, 5) is 25.1. The number of nitrogens with one attached hydrogen (secondary N) is 1. The molecular weight excluding hydrogens is 318 g/mol. The van der Waals surface area contributed by atoms with Crippen molar-refractivity contribution in [2.75, 3.05) is 45.8 Å². The number of amides is 1. The van der Waals surface area contributed by atoms with E-state index in [1.54, 1.807) is 6.92 Å². The predicted molar refractivity (Wildman–Crippen MR) is 86.7 cm³/mol. The second-order valence-corrected chi connectivity index (χ2v) is 5.30. The van der Waals surface area contributed by atoms with Crippen LogP contribution in [0.1, 0.15) is 6.92 Å². The van der Waals surface area contributed by atoms with Crippen LogP contribution >= 0.6 is 0 Å². The Morgan fingerprint density at radius 2 is 1.88 bits per heavy atom. The van der Waals surface area contributed by atoms with Gasteiger partial charge in [-0.25, -0.2) is 0 Å². The van der Waals surface area contributed by atoms with E-state index in [4.69, 9.17) is 14.2 Å². The van der Waals surface area contributed by atoms with Crippen molar-refractivity contribution in [1.29, 1.82) is 0 Å². The first kappa shape index (κ1) is 18.0. The van der Waals surface area contributed by atoms with E-state index in [1.807, 2.05) is 4.90 Å². The van der Waals surface area contributed by atoms with Crippen molar-refractivity contribution in [2.24, 2.45) is 0 Å². The number of morpholine rings is 1. The summed E-state index contributed by atoms with van der Waals surface area (Å²) in [7, 11) is 2.81. The Balaban J connectivity index is 2.23. The number of carbonyl (C=O) groups is 1. The number of methoxy groups -OCH3 is 2. The van der Waals surface area contributed by atoms with Crippen molar-refractivity contribution in [3.05, 3.63) is 22.2 Å². The number of anilines is 1. The number of nitro benzene ring substituents is 1. The number of ether oxygens (including phenoxy) is 3. The molecule has 24 heavy (non-hydrogen) atoms. The monoisotopic (exact) mass is 339 g/mol. The van der Waals surface area contributed by atoms with E-state index in [0.717, 1.165) is 0 Å². The highest BCUT2D eigenvalue weighted by molar-refractivity contribution is 5.97. The molecule has 1 aliphatic heterocycles. The number of hydrogen-bond donors (Lipinski definition) is 1. The van der Waals surface area contributed by atoms with Gasteiger partial charge in [-0.15, -0.1) is 0 Å². The summed E-state index contributed by atoms with van der Waals surface area (Å²) in [5.74, 6) is 0.202. The fourth-order valence-electron chi connectivity index (χ4n) is 2.49. The molecule has 1 unspecified atom stereocenters. The molecule has 1 heterocycles. The van der Waals surface area contributed by atoms with Gasteiger partial charge >= 0.3 is 0 Å². The van der Waals surface area contributed by atoms with Crippen molar-refractivity contribution in [1.82, 2.24) is 4.90 Å². The Labute approximate surface area is 139 Å². The van der Waals surface area contributed by atoms with Crippen LogP contribution in [-0.2, 0) is 9.53 Å². The molecule has 1 aliphatic rings. The van der Waals surface area contributed by atoms with Crippen LogP contribution in [0.2, 0.25) is 0 Å². The molecule has 9 heteroatoms. The van der Waals surface area contributed by atoms with Gasteiger partial charge in [0.05, 0.1) is 44.5 Å². The summed E-state index contributed by atoms with van der Waals surface area (Å²) in [6, 6.07) is 2.19. The standard InChI is InChI=1S/C15H21N3O6/c1-10(17-4-6-24-7-5-17)15(19)16-11-8-13(22-2)14(23-3)9-12(11)18(20)21/h8-10H,4-7H2,1-3H3,(H,16,19). The largest absolute Gasteiger partial charge is 0.493 e. The van der Waals surface area contributed by atoms with E-state index in [-0.39, 0.29) is 23.0 Å². The molecule has 1 N–H and O–H groups in total. The molecule has 1 atom stereocenters. The number of nitro groups is 1. The summed E-state index contributed by atoms with van der Waals surface area (Å²) in [5, 5.41) is 13.9. The Kier molecular flexibility index (Phi) is 5.93. The zero-order valence-electron chi connectivity index (χ0n) is 13.9. The summed E-state index contributed by atoms with van der Waals surface area (Å²) in [6.07, 6.45) is 0. The molecule has 1 aromatic carbocycles. The molecule has 1 saturated heterocycles. The summed E-state index contributed by atoms with van der Waals surface area (Å²) in [6.45, 7) is 4.17. The Bertz CT molecular complexity index is 615. The van der Waals surface area contributed by atoms with Gasteiger partial charge in [-0.05, 0) is 6.92 Å². The molecule has 132 valence electrons. The molecule has 0 aromatic heterocycles. The van der Waals surface area contributed by atoms with E-state index in [0.29, 0.717) is 32.1 Å². The van der Waals surface area contributed by atoms with E-state index in [1.165, 1.54) is 26.4 Å². The first-order valence-corrected chi connectivity index (χ1v) is 7.51. The van der Waals surface area contributed by atoms with Crippen molar-refractivity contribution in [3.63, 3.8) is 0 Å². The Morgan fingerprint density at radius 1 is 1.29 bits per heavy atom. The van der Waals surface area contributed by atoms with Crippen LogP contribution in [0.3, 0.4) is 0 Å². The third kappa shape index (κ3) is 3.92. The molecule has 2 rings (SSSR count). The molecular formula is C15H21N3O6. The molecule has 0 spiro atoms. The molecule has 0 bridgehead atoms. The molecule has 1 amide bonds. The van der Waals surface area contributed by atoms with Gasteiger partial charge < -0.3 is 19.5 Å². The molecule has 9 nitrogen and oxygen atoms in total. The van der Waals surface area contributed by atoms with Gasteiger partial charge in [0.25, 0.3) is 5.69 Å². The van der Waals surface area contributed by atoms with Crippen molar-refractivity contribution in [3.8, 4) is 11.5 Å². The molecule has 1 aromatic rings. The van der Waals surface area contributed by atoms with Gasteiger partial charge in [-0.3, -0.25) is 19.8 Å². The smallest absolute Gasteiger partial charge is 0.296 e. The predicted octanol–water partition coefficient (Wildman–Crippen LogP) is 1.27. The van der Waals surface area contributed by atoms with Gasteiger partial charge in [0, 0.05) is 19.2 Å². The van der Waals surface area contributed by atoms with Crippen molar-refractivity contribution >= 4 is 17.3 Å². The lowest BCUT2D eigenvalue weighted by atomic mass is 10.2. The minimum Gasteiger partial charge on any atom is -0.493 e. The zero-order chi connectivity index (χ0) is 17.7. The Morgan fingerprint density at radius 3 is 2.42 bits per heavy atom. The van der Waals surface area contributed by atoms with Crippen LogP contribution in [0, 0.1) is 10.1 Å². The van der Waals surface area contributed by atoms with Crippen molar-refractivity contribution in [2.45, 2.75) is 13.0 Å². The molecule has 0 saturated carbocycles. The van der Waals surface area contributed by atoms with Crippen LogP contribution < -0.4 is 14.8 Å². The van der Waals surface area contributed by atoms with Crippen LogP contribution in [-0.4, -0.2) is 62.3 Å². The van der Waals surface area contributed by atoms with Crippen molar-refractivity contribution < 1.29 is 23.9 Å². The maximum absolute atomic E-state index is 12.5. The number of benzene rings is 1. The first-order valence-electron chi connectivity index (χ1n) is 7.51. The van der Waals surface area contributed by atoms with E-state index in [2.05, 4.69) is 5.32 Å². The number of carbonyl (C=O) groups excluding carboxylic acids is 1. The zero-order valence-corrected chi connectivity index (χ0v) is 13.9. The Hall–Kier alpha value is -2.39. The second-order valence-electron chi connectivity index (χ2n) is 5.30. The fourth-order valence-corrected chi connectivity index (χ4v) is 2.49. The molecule has 0 radical (unpaired) electrons. The van der Waals surface area contributed by atoms with E-state index < -0.39 is 11.0 Å². The highest BCUT2D eigenvalue weighted by Crippen LogP contribution is 2.37. The van der Waals surface area contributed by atoms with Crippen LogP contribution in [0.5, 0.6) is 11.5 Å². The topological polar surface area (TPSA) is 103 Å². The van der Waals surface area contributed by atoms with Crippen LogP contribution in [0.15, 0.2) is 12.1 Å². The first-order chi connectivity index (χ1) is 11.5. The maximum atomic E-state index is 12.5. The highest BCUT2D eigenvalue weighted by Gasteiger charge is 2.26. The van der Waals surface area contributed by atoms with Crippen LogP contribution in [0.25, 0.3) is 0 Å². The van der Waals surface area contributed by atoms with Crippen LogP contribution in [0.4, 0.5) is 11.4 Å². The average Bonchev–Trinajstić information content (AvgIpc) is 2.61. The molecule has 0 aliphatic carbocycles. The average molecular weight is 339 g/mol. The van der Waals surface area contributed by atoms with Gasteiger partial charge in [-0.1, -0.05) is 0 Å². The van der Waals surface area contributed by atoms with E-state index in [9.17, 15) is 14.9 Å². The quantitative estimate of drug-likeness (QED) is 0.615. The lowest BCUT2D eigenvalue weighted by Gasteiger charge is -2.31. The maximum Gasteiger partial charge on any atom is 0.296 e. The highest BCUT2D eigenvalue weighted by atomic mass is 16.6.